The third-order valence-electron chi connectivity index (χ3n) is 4.12. The largest absolute Gasteiger partial charge is 0.326 e. The lowest BCUT2D eigenvalue weighted by Gasteiger charge is -2.13. The summed E-state index contributed by atoms with van der Waals surface area (Å²) in [6.07, 6.45) is 1.80. The molecule has 1 aromatic heterocycles. The van der Waals surface area contributed by atoms with Crippen LogP contribution in [0, 0.1) is 6.92 Å². The Kier molecular flexibility index (Phi) is 5.15. The van der Waals surface area contributed by atoms with Gasteiger partial charge < -0.3 is 5.32 Å². The molecule has 25 heavy (non-hydrogen) atoms. The zero-order chi connectivity index (χ0) is 17.8. The van der Waals surface area contributed by atoms with E-state index in [4.69, 9.17) is 11.6 Å². The number of benzene rings is 2. The third-order valence-corrected chi connectivity index (χ3v) is 4.36. The predicted molar refractivity (Wildman–Crippen MR) is 103 cm³/mol. The van der Waals surface area contributed by atoms with Crippen molar-refractivity contribution >= 4 is 23.2 Å². The van der Waals surface area contributed by atoms with Gasteiger partial charge in [0.25, 0.3) is 0 Å². The Hall–Kier alpha value is -2.65. The van der Waals surface area contributed by atoms with Gasteiger partial charge in [0.05, 0.1) is 5.92 Å². The van der Waals surface area contributed by atoms with Gasteiger partial charge >= 0.3 is 0 Å². The first kappa shape index (κ1) is 17.2. The van der Waals surface area contributed by atoms with E-state index in [9.17, 15) is 4.79 Å². The van der Waals surface area contributed by atoms with E-state index in [1.807, 2.05) is 68.4 Å². The molecular formula is C21H19ClN2O. The molecule has 1 N–H and O–H groups in total. The molecule has 1 atom stereocenters. The van der Waals surface area contributed by atoms with Crippen molar-refractivity contribution in [3.63, 3.8) is 0 Å². The van der Waals surface area contributed by atoms with Crippen LogP contribution < -0.4 is 5.32 Å². The van der Waals surface area contributed by atoms with Crippen LogP contribution in [0.3, 0.4) is 0 Å². The molecule has 0 aliphatic rings. The number of halogens is 1. The first-order chi connectivity index (χ1) is 12.0. The number of aryl methyl sites for hydroxylation is 1. The van der Waals surface area contributed by atoms with Crippen molar-refractivity contribution < 1.29 is 4.79 Å². The first-order valence-electron chi connectivity index (χ1n) is 8.12. The SMILES string of the molecule is Cc1cc(-c2ccc(NC(=O)[C@@H](C)c3cccc(Cl)c3)cc2)ccn1. The number of amides is 1. The number of pyridine rings is 1. The van der Waals surface area contributed by atoms with E-state index >= 15 is 0 Å². The molecule has 126 valence electrons. The second-order valence-electron chi connectivity index (χ2n) is 6.03. The highest BCUT2D eigenvalue weighted by Gasteiger charge is 2.15. The van der Waals surface area contributed by atoms with Gasteiger partial charge in [-0.2, -0.15) is 0 Å². The molecule has 1 amide bonds. The van der Waals surface area contributed by atoms with E-state index in [0.29, 0.717) is 5.02 Å². The minimum Gasteiger partial charge on any atom is -0.326 e. The van der Waals surface area contributed by atoms with Crippen LogP contribution in [0.1, 0.15) is 24.1 Å². The Morgan fingerprint density at radius 1 is 1.04 bits per heavy atom. The highest BCUT2D eigenvalue weighted by Crippen LogP contribution is 2.24. The minimum absolute atomic E-state index is 0.0604. The highest BCUT2D eigenvalue weighted by atomic mass is 35.5. The molecule has 2 aromatic carbocycles. The van der Waals surface area contributed by atoms with Crippen molar-refractivity contribution in [2.45, 2.75) is 19.8 Å². The second kappa shape index (κ2) is 7.49. The van der Waals surface area contributed by atoms with E-state index < -0.39 is 0 Å². The molecule has 0 bridgehead atoms. The summed E-state index contributed by atoms with van der Waals surface area (Å²) in [5, 5.41) is 3.59. The van der Waals surface area contributed by atoms with E-state index in [1.165, 1.54) is 0 Å². The van der Waals surface area contributed by atoms with E-state index in [-0.39, 0.29) is 11.8 Å². The molecule has 4 heteroatoms. The van der Waals surface area contributed by atoms with Gasteiger partial charge in [0.15, 0.2) is 0 Å². The standard InChI is InChI=1S/C21H19ClN2O/c1-14-12-18(10-11-23-14)16-6-8-20(9-7-16)24-21(25)15(2)17-4-3-5-19(22)13-17/h3-13,15H,1-2H3,(H,24,25)/t15-/m0/s1. The average Bonchev–Trinajstić information content (AvgIpc) is 2.61. The van der Waals surface area contributed by atoms with E-state index in [0.717, 1.165) is 28.1 Å². The van der Waals surface area contributed by atoms with Crippen molar-refractivity contribution in [3.8, 4) is 11.1 Å². The molecule has 0 radical (unpaired) electrons. The predicted octanol–water partition coefficient (Wildman–Crippen LogP) is 5.45. The van der Waals surface area contributed by atoms with Gasteiger partial charge in [-0.15, -0.1) is 0 Å². The smallest absolute Gasteiger partial charge is 0.231 e. The van der Waals surface area contributed by atoms with Crippen LogP contribution in [0.4, 0.5) is 5.69 Å². The summed E-state index contributed by atoms with van der Waals surface area (Å²) in [7, 11) is 0. The molecule has 0 spiro atoms. The Bertz CT molecular complexity index is 890. The Morgan fingerprint density at radius 3 is 2.48 bits per heavy atom. The highest BCUT2D eigenvalue weighted by molar-refractivity contribution is 6.30. The summed E-state index contributed by atoms with van der Waals surface area (Å²) in [5.74, 6) is -0.337. The second-order valence-corrected chi connectivity index (χ2v) is 6.47. The number of hydrogen-bond donors (Lipinski definition) is 1. The van der Waals surface area contributed by atoms with Gasteiger partial charge in [0, 0.05) is 22.6 Å². The van der Waals surface area contributed by atoms with Crippen LogP contribution in [0.5, 0.6) is 0 Å². The Labute approximate surface area is 152 Å². The number of nitrogens with zero attached hydrogens (tertiary/aromatic N) is 1. The topological polar surface area (TPSA) is 42.0 Å². The number of carbonyl (C=O) groups is 1. The summed E-state index contributed by atoms with van der Waals surface area (Å²) in [5.41, 5.74) is 4.84. The van der Waals surface area contributed by atoms with Gasteiger partial charge in [-0.1, -0.05) is 35.9 Å². The maximum atomic E-state index is 12.5. The van der Waals surface area contributed by atoms with Gasteiger partial charge in [0.2, 0.25) is 5.91 Å². The van der Waals surface area contributed by atoms with Crippen LogP contribution >= 0.6 is 11.6 Å². The molecule has 0 aliphatic heterocycles. The molecule has 1 heterocycles. The van der Waals surface area contributed by atoms with Crippen LogP contribution in [0.15, 0.2) is 66.9 Å². The summed E-state index contributed by atoms with van der Waals surface area (Å²) in [6, 6.07) is 19.2. The van der Waals surface area contributed by atoms with Crippen molar-refractivity contribution in [1.29, 1.82) is 0 Å². The number of hydrogen-bond acceptors (Lipinski definition) is 2. The summed E-state index contributed by atoms with van der Waals surface area (Å²) >= 11 is 6.00. The summed E-state index contributed by atoms with van der Waals surface area (Å²) in [6.45, 7) is 3.84. The van der Waals surface area contributed by atoms with Crippen molar-refractivity contribution in [2.75, 3.05) is 5.32 Å². The lowest BCUT2D eigenvalue weighted by molar-refractivity contribution is -0.117. The van der Waals surface area contributed by atoms with Gasteiger partial charge in [0.1, 0.15) is 0 Å². The summed E-state index contributed by atoms with van der Waals surface area (Å²) < 4.78 is 0. The number of rotatable bonds is 4. The van der Waals surface area contributed by atoms with Crippen LogP contribution in [-0.2, 0) is 4.79 Å². The fraction of sp³-hybridized carbons (Fsp3) is 0.143. The van der Waals surface area contributed by atoms with E-state index in [1.54, 1.807) is 12.3 Å². The van der Waals surface area contributed by atoms with Crippen LogP contribution in [-0.4, -0.2) is 10.9 Å². The molecule has 0 unspecified atom stereocenters. The zero-order valence-corrected chi connectivity index (χ0v) is 14.9. The molecule has 3 aromatic rings. The quantitative estimate of drug-likeness (QED) is 0.679. The normalized spacial score (nSPS) is 11.8. The lowest BCUT2D eigenvalue weighted by atomic mass is 10.00. The Balaban J connectivity index is 1.72. The van der Waals surface area contributed by atoms with Crippen LogP contribution in [0.2, 0.25) is 5.02 Å². The monoisotopic (exact) mass is 350 g/mol. The zero-order valence-electron chi connectivity index (χ0n) is 14.2. The lowest BCUT2D eigenvalue weighted by Crippen LogP contribution is -2.18. The molecule has 0 saturated heterocycles. The first-order valence-corrected chi connectivity index (χ1v) is 8.50. The fourth-order valence-corrected chi connectivity index (χ4v) is 2.85. The van der Waals surface area contributed by atoms with Crippen molar-refractivity contribution in [1.82, 2.24) is 4.98 Å². The number of nitrogens with one attached hydrogen (secondary N) is 1. The van der Waals surface area contributed by atoms with E-state index in [2.05, 4.69) is 10.3 Å². The number of aromatic nitrogens is 1. The number of anilines is 1. The molecule has 3 rings (SSSR count). The average molecular weight is 351 g/mol. The molecule has 0 aliphatic carbocycles. The maximum absolute atomic E-state index is 12.5. The maximum Gasteiger partial charge on any atom is 0.231 e. The number of carbonyl (C=O) groups excluding carboxylic acids is 1. The minimum atomic E-state index is -0.277. The molecular weight excluding hydrogens is 332 g/mol. The fourth-order valence-electron chi connectivity index (χ4n) is 2.65. The summed E-state index contributed by atoms with van der Waals surface area (Å²) in [4.78, 5) is 16.7. The molecule has 0 saturated carbocycles. The van der Waals surface area contributed by atoms with Crippen LogP contribution in [0.25, 0.3) is 11.1 Å². The Morgan fingerprint density at radius 2 is 1.80 bits per heavy atom. The van der Waals surface area contributed by atoms with Gasteiger partial charge in [-0.05, 0) is 66.9 Å². The van der Waals surface area contributed by atoms with Gasteiger partial charge in [-0.3, -0.25) is 9.78 Å². The van der Waals surface area contributed by atoms with Crippen molar-refractivity contribution in [2.24, 2.45) is 0 Å². The van der Waals surface area contributed by atoms with Crippen molar-refractivity contribution in [3.05, 3.63) is 83.1 Å². The third kappa shape index (κ3) is 4.25. The molecule has 0 fully saturated rings. The molecule has 3 nitrogen and oxygen atoms in total. The van der Waals surface area contributed by atoms with Gasteiger partial charge in [-0.25, -0.2) is 0 Å².